The summed E-state index contributed by atoms with van der Waals surface area (Å²) in [7, 11) is 0. The van der Waals surface area contributed by atoms with Gasteiger partial charge in [0.1, 0.15) is 13.2 Å². The van der Waals surface area contributed by atoms with Gasteiger partial charge in [0, 0.05) is 44.2 Å². The van der Waals surface area contributed by atoms with Crippen molar-refractivity contribution in [3.8, 4) is 11.5 Å². The molecular weight excluding hydrogens is 438 g/mol. The fraction of sp³-hybridized carbons (Fsp3) is 0.400. The molecule has 0 bridgehead atoms. The lowest BCUT2D eigenvalue weighted by Gasteiger charge is -2.33. The van der Waals surface area contributed by atoms with Crippen molar-refractivity contribution in [3.05, 3.63) is 65.2 Å². The van der Waals surface area contributed by atoms with E-state index in [9.17, 15) is 4.79 Å². The zero-order valence-electron chi connectivity index (χ0n) is 18.4. The van der Waals surface area contributed by atoms with E-state index in [0.717, 1.165) is 48.1 Å². The Morgan fingerprint density at radius 2 is 1.70 bits per heavy atom. The number of hydrogen-bond donors (Lipinski definition) is 1. The number of benzene rings is 2. The molecule has 4 aliphatic rings. The third-order valence-corrected chi connectivity index (χ3v) is 7.44. The van der Waals surface area contributed by atoms with Crippen molar-refractivity contribution in [1.29, 1.82) is 0 Å². The van der Waals surface area contributed by atoms with E-state index < -0.39 is 6.10 Å². The van der Waals surface area contributed by atoms with Crippen molar-refractivity contribution >= 4 is 17.9 Å². The second-order valence-corrected chi connectivity index (χ2v) is 9.97. The van der Waals surface area contributed by atoms with Crippen LogP contribution in [-0.2, 0) is 9.53 Å². The van der Waals surface area contributed by atoms with E-state index in [-0.39, 0.29) is 12.0 Å². The van der Waals surface area contributed by atoms with Gasteiger partial charge in [-0.25, -0.2) is 4.31 Å². The highest BCUT2D eigenvalue weighted by molar-refractivity contribution is 7.97. The average Bonchev–Trinajstić information content (AvgIpc) is 3.37. The van der Waals surface area contributed by atoms with Crippen LogP contribution in [-0.4, -0.2) is 73.7 Å². The van der Waals surface area contributed by atoms with E-state index in [0.29, 0.717) is 26.3 Å². The summed E-state index contributed by atoms with van der Waals surface area (Å²) in [6.07, 6.45) is -0.444. The molecule has 8 heteroatoms. The standard InChI is InChI=1S/C25H27N3O4S/c29-25(24(32-20-11-26-12-20)17-4-2-1-3-5-17)27-13-18-15-28(16-19(18)14-27)33-21-6-7-22-23(10-21)31-9-8-30-22/h1-7,10,20,24,26H,8-9,11-16H2. The minimum absolute atomic E-state index is 0.0635. The summed E-state index contributed by atoms with van der Waals surface area (Å²) in [4.78, 5) is 16.6. The second-order valence-electron chi connectivity index (χ2n) is 8.80. The molecule has 6 rings (SSSR count). The van der Waals surface area contributed by atoms with E-state index in [1.807, 2.05) is 41.3 Å². The molecule has 1 saturated heterocycles. The van der Waals surface area contributed by atoms with Gasteiger partial charge >= 0.3 is 0 Å². The average molecular weight is 466 g/mol. The van der Waals surface area contributed by atoms with Crippen LogP contribution in [0.15, 0.2) is 64.6 Å². The van der Waals surface area contributed by atoms with Gasteiger partial charge < -0.3 is 24.4 Å². The molecule has 4 aliphatic heterocycles. The lowest BCUT2D eigenvalue weighted by molar-refractivity contribution is -0.149. The highest BCUT2D eigenvalue weighted by Gasteiger charge is 2.37. The molecule has 33 heavy (non-hydrogen) atoms. The number of nitrogens with zero attached hydrogens (tertiary/aromatic N) is 2. The van der Waals surface area contributed by atoms with Crippen molar-refractivity contribution < 1.29 is 19.0 Å². The van der Waals surface area contributed by atoms with Crippen LogP contribution in [0, 0.1) is 0 Å². The number of rotatable bonds is 6. The Bertz CT molecular complexity index is 1050. The molecule has 4 heterocycles. The van der Waals surface area contributed by atoms with Crippen LogP contribution >= 0.6 is 11.9 Å². The fourth-order valence-corrected chi connectivity index (χ4v) is 5.65. The molecule has 2 aromatic carbocycles. The van der Waals surface area contributed by atoms with Crippen molar-refractivity contribution in [1.82, 2.24) is 14.5 Å². The normalized spacial score (nSPS) is 21.2. The number of carbonyl (C=O) groups is 1. The first-order valence-electron chi connectivity index (χ1n) is 11.5. The van der Waals surface area contributed by atoms with Crippen LogP contribution < -0.4 is 14.8 Å². The summed E-state index contributed by atoms with van der Waals surface area (Å²) in [6.45, 7) is 5.89. The zero-order chi connectivity index (χ0) is 22.2. The van der Waals surface area contributed by atoms with Crippen LogP contribution in [0.3, 0.4) is 0 Å². The molecule has 7 nitrogen and oxygen atoms in total. The Labute approximate surface area is 197 Å². The number of carbonyl (C=O) groups excluding carboxylic acids is 1. The molecule has 0 aliphatic carbocycles. The molecule has 2 aromatic rings. The fourth-order valence-electron chi connectivity index (χ4n) is 4.62. The number of nitrogens with one attached hydrogen (secondary N) is 1. The summed E-state index contributed by atoms with van der Waals surface area (Å²) in [5.74, 6) is 1.69. The largest absolute Gasteiger partial charge is 0.486 e. The van der Waals surface area contributed by atoms with Crippen LogP contribution in [0.4, 0.5) is 0 Å². The van der Waals surface area contributed by atoms with Crippen LogP contribution in [0.1, 0.15) is 11.7 Å². The van der Waals surface area contributed by atoms with Crippen LogP contribution in [0.5, 0.6) is 11.5 Å². The van der Waals surface area contributed by atoms with Gasteiger partial charge in [-0.15, -0.1) is 0 Å². The van der Waals surface area contributed by atoms with Gasteiger partial charge in [-0.2, -0.15) is 0 Å². The summed E-state index contributed by atoms with van der Waals surface area (Å²) in [5.41, 5.74) is 3.63. The molecule has 1 fully saturated rings. The predicted molar refractivity (Wildman–Crippen MR) is 125 cm³/mol. The molecule has 172 valence electrons. The SMILES string of the molecule is O=C(C(OC1CNC1)c1ccccc1)N1CC2=C(CN(Sc3ccc4c(c3)OCCO4)C2)C1. The minimum Gasteiger partial charge on any atom is -0.486 e. The molecule has 0 aromatic heterocycles. The van der Waals surface area contributed by atoms with Crippen molar-refractivity contribution in [2.75, 3.05) is 52.5 Å². The maximum Gasteiger partial charge on any atom is 0.256 e. The van der Waals surface area contributed by atoms with E-state index >= 15 is 0 Å². The van der Waals surface area contributed by atoms with E-state index in [4.69, 9.17) is 14.2 Å². The van der Waals surface area contributed by atoms with Gasteiger partial charge in [-0.3, -0.25) is 4.79 Å². The van der Waals surface area contributed by atoms with Gasteiger partial charge in [-0.1, -0.05) is 30.3 Å². The maximum absolute atomic E-state index is 13.5. The van der Waals surface area contributed by atoms with Gasteiger partial charge in [0.25, 0.3) is 5.91 Å². The Hall–Kier alpha value is -2.52. The summed E-state index contributed by atoms with van der Waals surface area (Å²) < 4.78 is 19.9. The van der Waals surface area contributed by atoms with Crippen LogP contribution in [0.2, 0.25) is 0 Å². The molecule has 0 saturated carbocycles. The molecule has 1 amide bonds. The third-order valence-electron chi connectivity index (χ3n) is 6.46. The monoisotopic (exact) mass is 465 g/mol. The quantitative estimate of drug-likeness (QED) is 0.520. The lowest BCUT2D eigenvalue weighted by atomic mass is 10.1. The molecule has 1 unspecified atom stereocenters. The van der Waals surface area contributed by atoms with Gasteiger partial charge in [0.2, 0.25) is 0 Å². The number of ether oxygens (including phenoxy) is 3. The maximum atomic E-state index is 13.5. The highest BCUT2D eigenvalue weighted by Crippen LogP contribution is 2.38. The Morgan fingerprint density at radius 3 is 2.39 bits per heavy atom. The predicted octanol–water partition coefficient (Wildman–Crippen LogP) is 2.65. The number of amides is 1. The molecule has 0 spiro atoms. The Balaban J connectivity index is 1.08. The second kappa shape index (κ2) is 9.02. The summed E-state index contributed by atoms with van der Waals surface area (Å²) >= 11 is 1.73. The molecular formula is C25H27N3O4S. The van der Waals surface area contributed by atoms with Gasteiger partial charge in [0.05, 0.1) is 6.10 Å². The van der Waals surface area contributed by atoms with Gasteiger partial charge in [0.15, 0.2) is 17.6 Å². The number of fused-ring (bicyclic) bond motifs is 1. The first-order valence-corrected chi connectivity index (χ1v) is 12.2. The zero-order valence-corrected chi connectivity index (χ0v) is 19.2. The topological polar surface area (TPSA) is 63.3 Å². The first kappa shape index (κ1) is 21.0. The van der Waals surface area contributed by atoms with E-state index in [2.05, 4.69) is 21.8 Å². The van der Waals surface area contributed by atoms with Crippen molar-refractivity contribution in [3.63, 3.8) is 0 Å². The van der Waals surface area contributed by atoms with Crippen LogP contribution in [0.25, 0.3) is 0 Å². The summed E-state index contributed by atoms with van der Waals surface area (Å²) in [6, 6.07) is 16.0. The van der Waals surface area contributed by atoms with Gasteiger partial charge in [-0.05, 0) is 46.9 Å². The number of hydrogen-bond acceptors (Lipinski definition) is 7. The van der Waals surface area contributed by atoms with E-state index in [1.165, 1.54) is 11.1 Å². The first-order chi connectivity index (χ1) is 16.2. The minimum atomic E-state index is -0.540. The van der Waals surface area contributed by atoms with Crippen molar-refractivity contribution in [2.45, 2.75) is 17.1 Å². The third kappa shape index (κ3) is 4.36. The lowest BCUT2D eigenvalue weighted by Crippen LogP contribution is -2.50. The molecule has 1 atom stereocenters. The van der Waals surface area contributed by atoms with E-state index in [1.54, 1.807) is 11.9 Å². The highest BCUT2D eigenvalue weighted by atomic mass is 32.2. The Morgan fingerprint density at radius 1 is 0.970 bits per heavy atom. The van der Waals surface area contributed by atoms with Crippen molar-refractivity contribution in [2.24, 2.45) is 0 Å². The molecule has 1 N–H and O–H groups in total. The smallest absolute Gasteiger partial charge is 0.256 e. The summed E-state index contributed by atoms with van der Waals surface area (Å²) in [5, 5.41) is 3.22. The Kier molecular flexibility index (Phi) is 5.75. The molecule has 0 radical (unpaired) electrons.